The van der Waals surface area contributed by atoms with Crippen LogP contribution in [0.15, 0.2) is 276 Å². The molecule has 0 bridgehead atoms. The second-order valence-electron chi connectivity index (χ2n) is 31.6. The number of esters is 10. The van der Waals surface area contributed by atoms with E-state index in [0.717, 1.165) is 126 Å². The molecular weight excluding hydrogens is 1780 g/mol. The van der Waals surface area contributed by atoms with Gasteiger partial charge in [0.25, 0.3) is 0 Å². The highest BCUT2D eigenvalue weighted by Crippen LogP contribution is 2.38. The Bertz CT molecular complexity index is 5350. The summed E-state index contributed by atoms with van der Waals surface area (Å²) in [6.07, 6.45) is 28.1. The minimum atomic E-state index is -0.572. The van der Waals surface area contributed by atoms with Crippen molar-refractivity contribution >= 4 is 59.7 Å². The van der Waals surface area contributed by atoms with Crippen molar-refractivity contribution in [2.75, 3.05) is 73.2 Å². The predicted octanol–water partition coefficient (Wildman–Crippen LogP) is 22.9. The Hall–Kier alpha value is -15.3. The Morgan fingerprint density at radius 3 is 0.856 bits per heavy atom. The molecule has 0 N–H and O–H groups in total. The van der Waals surface area contributed by atoms with Crippen LogP contribution in [0.5, 0.6) is 63.2 Å². The highest BCUT2D eigenvalue weighted by molar-refractivity contribution is 5.95. The van der Waals surface area contributed by atoms with Crippen molar-refractivity contribution in [2.45, 2.75) is 161 Å². The monoisotopic (exact) mass is 1900 g/mol. The van der Waals surface area contributed by atoms with E-state index in [-0.39, 0.29) is 36.9 Å². The van der Waals surface area contributed by atoms with E-state index in [4.69, 9.17) is 81.1 Å². The molecule has 0 spiro atoms. The number of carbonyl (C=O) groups excluding carboxylic acids is 10. The Labute approximate surface area is 813 Å². The fraction of sp³-hybridized carbons (Fsp3) is 0.330. The Morgan fingerprint density at radius 1 is 0.302 bits per heavy atom. The number of hydrogen-bond donors (Lipinski definition) is 0. The van der Waals surface area contributed by atoms with Gasteiger partial charge in [-0.05, 0) is 320 Å². The van der Waals surface area contributed by atoms with Crippen molar-refractivity contribution in [1.82, 2.24) is 0 Å². The topological polar surface area (TPSA) is 342 Å². The highest BCUT2D eigenvalue weighted by Gasteiger charge is 2.23. The zero-order chi connectivity index (χ0) is 99.8. The molecule has 0 radical (unpaired) electrons. The van der Waals surface area contributed by atoms with Crippen molar-refractivity contribution in [3.8, 4) is 69.3 Å². The number of hydrogen-bond acceptors (Lipinski definition) is 27. The van der Waals surface area contributed by atoms with Crippen LogP contribution in [0.25, 0.3) is 0 Å². The van der Waals surface area contributed by atoms with Crippen LogP contribution in [0.1, 0.15) is 223 Å². The number of ether oxygens (including phenoxy) is 16. The number of nitrogens with zero attached hydrogens (tertiary/aromatic N) is 1. The van der Waals surface area contributed by atoms with E-state index in [0.29, 0.717) is 162 Å². The number of carbonyl (C=O) groups is 10. The van der Waals surface area contributed by atoms with E-state index in [2.05, 4.69) is 52.0 Å². The first-order valence-electron chi connectivity index (χ1n) is 46.7. The number of benzene rings is 9. The molecule has 1 aliphatic carbocycles. The van der Waals surface area contributed by atoms with Crippen LogP contribution in [0, 0.1) is 24.2 Å². The number of unbranched alkanes of at least 4 members (excludes halogenated alkanes) is 11. The molecule has 0 aliphatic heterocycles. The van der Waals surface area contributed by atoms with Crippen molar-refractivity contribution in [2.24, 2.45) is 5.92 Å². The van der Waals surface area contributed by atoms with Crippen LogP contribution in [-0.2, 0) is 47.7 Å². The molecule has 9 aromatic rings. The maximum absolute atomic E-state index is 12.7. The van der Waals surface area contributed by atoms with Crippen LogP contribution in [-0.4, -0.2) is 133 Å². The SMILES string of the molecule is C=CC(=O)OCCCCCCCCOc1ccc(C(=O)Oc2ccc(C3CCC(CCC)CC3)cc2)cc1.C=CC(=O)OCCCCCCOc1ccc(C(=O)Oc2ccc(C#N)cc2)cc1.C=CC(=O)OCCCCCCOc1ccc(C(=O)Oc2ccc(OC)cc2)cc1.C=CC(=O)OCCCOc1ccc(OC(=O)c2ccc(OC(=O)c3ccc(OCCCOC(=O)C=C)cc3)cc2C)cc1. The Morgan fingerprint density at radius 2 is 0.554 bits per heavy atom. The lowest BCUT2D eigenvalue weighted by Crippen LogP contribution is -2.13. The van der Waals surface area contributed by atoms with Gasteiger partial charge in [0.15, 0.2) is 0 Å². The maximum atomic E-state index is 12.7. The third-order valence-corrected chi connectivity index (χ3v) is 21.2. The van der Waals surface area contributed by atoms with E-state index in [1.54, 1.807) is 178 Å². The molecule has 0 aromatic heterocycles. The summed E-state index contributed by atoms with van der Waals surface area (Å²) in [5.74, 6) is 3.00. The Balaban J connectivity index is 0.000000256. The van der Waals surface area contributed by atoms with Gasteiger partial charge in [0.05, 0.1) is 113 Å². The van der Waals surface area contributed by atoms with Gasteiger partial charge >= 0.3 is 59.7 Å². The van der Waals surface area contributed by atoms with E-state index < -0.39 is 41.8 Å². The van der Waals surface area contributed by atoms with E-state index in [1.807, 2.05) is 30.3 Å². The van der Waals surface area contributed by atoms with Crippen LogP contribution in [0.3, 0.4) is 0 Å². The zero-order valence-electron chi connectivity index (χ0n) is 79.5. The first-order valence-corrected chi connectivity index (χ1v) is 46.7. The van der Waals surface area contributed by atoms with E-state index >= 15 is 0 Å². The number of methoxy groups -OCH3 is 1. The summed E-state index contributed by atoms with van der Waals surface area (Å²) in [7, 11) is 1.58. The normalized spacial score (nSPS) is 12.0. The number of aryl methyl sites for hydroxylation is 1. The van der Waals surface area contributed by atoms with Crippen molar-refractivity contribution in [3.63, 3.8) is 0 Å². The van der Waals surface area contributed by atoms with Crippen molar-refractivity contribution < 1.29 is 124 Å². The average molecular weight is 1900 g/mol. The zero-order valence-corrected chi connectivity index (χ0v) is 79.5. The van der Waals surface area contributed by atoms with E-state index in [9.17, 15) is 47.9 Å². The minimum absolute atomic E-state index is 0.216. The molecule has 0 saturated heterocycles. The molecule has 0 atom stereocenters. The van der Waals surface area contributed by atoms with Gasteiger partial charge in [-0.1, -0.05) is 90.5 Å². The van der Waals surface area contributed by atoms with Crippen molar-refractivity contribution in [3.05, 3.63) is 320 Å². The molecule has 1 fully saturated rings. The molecule has 1 aliphatic rings. The first kappa shape index (κ1) is 111. The van der Waals surface area contributed by atoms with Crippen LogP contribution < -0.4 is 52.1 Å². The molecule has 0 heterocycles. The quantitative estimate of drug-likeness (QED) is 0.0112. The van der Waals surface area contributed by atoms with Gasteiger partial charge in [0.1, 0.15) is 63.2 Å². The average Bonchev–Trinajstić information content (AvgIpc) is 0.838. The molecule has 0 unspecified atom stereocenters. The van der Waals surface area contributed by atoms with Gasteiger partial charge < -0.3 is 75.8 Å². The molecule has 27 heteroatoms. The summed E-state index contributed by atoms with van der Waals surface area (Å²) < 4.78 is 85.1. The van der Waals surface area contributed by atoms with Crippen LogP contribution >= 0.6 is 0 Å². The maximum Gasteiger partial charge on any atom is 0.343 e. The smallest absolute Gasteiger partial charge is 0.343 e. The fourth-order valence-corrected chi connectivity index (χ4v) is 13.6. The third kappa shape index (κ3) is 44.8. The summed E-state index contributed by atoms with van der Waals surface area (Å²) in [6, 6.07) is 61.6. The lowest BCUT2D eigenvalue weighted by Gasteiger charge is -2.28. The first-order chi connectivity index (χ1) is 67.6. The molecule has 10 rings (SSSR count). The standard InChI is InChI=1S/C33H32O10.C33H44O5.C23H23NO5.C23H26O6/c1-4-30(34)40-20-6-18-38-25-10-8-24(9-11-25)32(36)43-28-16-17-29(23(3)22-28)33(37)42-27-14-12-26(13-15-27)39-19-7-21-41-31(35)5-2;1-3-11-26-12-14-27(15-13-26)28-16-22-31(23-17-28)38-33(35)29-18-20-30(21-19-29)36-24-9-7-5-6-8-10-25-37-32(34)4-2;1-2-22(25)28-16-6-4-3-5-15-27-20-13-9-19(10-14-20)23(26)29-21-11-7-18(17-24)8-12-21;1-3-22(24)28-17-7-5-4-6-16-27-20-10-8-18(9-11-20)23(25)29-21-14-12-19(26-2)13-15-21/h4-5,8-17,22H,1-2,6-7,18-21H2,3H3;4,16-23,26-27H,2-3,5-15,24-25H2,1H3;2,7-14H,1,3-6,15-16H2;3,8-15H,1,4-7,16-17H2,2H3. The van der Waals surface area contributed by atoms with Crippen LogP contribution in [0.4, 0.5) is 0 Å². The lowest BCUT2D eigenvalue weighted by molar-refractivity contribution is -0.138. The molecule has 9 aromatic carbocycles. The molecule has 27 nitrogen and oxygen atoms in total. The van der Waals surface area contributed by atoms with Gasteiger partial charge in [0, 0.05) is 43.2 Å². The fourth-order valence-electron chi connectivity index (χ4n) is 13.6. The van der Waals surface area contributed by atoms with Crippen LogP contribution in [0.2, 0.25) is 0 Å². The minimum Gasteiger partial charge on any atom is -0.497 e. The molecule has 1 saturated carbocycles. The summed E-state index contributed by atoms with van der Waals surface area (Å²) in [6.45, 7) is 24.9. The molecular formula is C112H125NO26. The lowest BCUT2D eigenvalue weighted by atomic mass is 9.77. The number of rotatable bonds is 55. The molecule has 139 heavy (non-hydrogen) atoms. The van der Waals surface area contributed by atoms with Gasteiger partial charge in [-0.25, -0.2) is 47.9 Å². The summed E-state index contributed by atoms with van der Waals surface area (Å²) in [4.78, 5) is 117. The molecule has 0 amide bonds. The third-order valence-electron chi connectivity index (χ3n) is 21.2. The predicted molar refractivity (Wildman–Crippen MR) is 526 cm³/mol. The highest BCUT2D eigenvalue weighted by atomic mass is 16.6. The second kappa shape index (κ2) is 65.4. The van der Waals surface area contributed by atoms with Crippen molar-refractivity contribution in [1.29, 1.82) is 5.26 Å². The summed E-state index contributed by atoms with van der Waals surface area (Å²) >= 11 is 0. The van der Waals surface area contributed by atoms with Gasteiger partial charge in [-0.15, -0.1) is 0 Å². The second-order valence-corrected chi connectivity index (χ2v) is 31.6. The molecule has 734 valence electrons. The van der Waals surface area contributed by atoms with E-state index in [1.165, 1.54) is 62.3 Å². The van der Waals surface area contributed by atoms with Gasteiger partial charge in [0.2, 0.25) is 0 Å². The summed E-state index contributed by atoms with van der Waals surface area (Å²) in [5, 5.41) is 8.78. The Kier molecular flexibility index (Phi) is 52.1. The van der Waals surface area contributed by atoms with Gasteiger partial charge in [-0.2, -0.15) is 5.26 Å². The number of nitriles is 1. The summed E-state index contributed by atoms with van der Waals surface area (Å²) in [5.41, 5.74) is 4.42. The largest absolute Gasteiger partial charge is 0.497 e. The van der Waals surface area contributed by atoms with Gasteiger partial charge in [-0.3, -0.25) is 0 Å².